The number of anilines is 1. The van der Waals surface area contributed by atoms with Crippen molar-refractivity contribution in [2.45, 2.75) is 0 Å². The number of phenolic OH excluding ortho intramolecular Hbond substituents is 1. The van der Waals surface area contributed by atoms with E-state index >= 15 is 0 Å². The fourth-order valence-electron chi connectivity index (χ4n) is 1.69. The van der Waals surface area contributed by atoms with Gasteiger partial charge in [-0.2, -0.15) is 5.10 Å². The van der Waals surface area contributed by atoms with Crippen LogP contribution in [0.4, 0.5) is 11.4 Å². The number of methoxy groups -OCH3 is 1. The Kier molecular flexibility index (Phi) is 4.80. The molecular weight excluding hydrogens is 310 g/mol. The average Bonchev–Trinajstić information content (AvgIpc) is 2.50. The van der Waals surface area contributed by atoms with Crippen molar-refractivity contribution in [3.8, 4) is 11.5 Å². The van der Waals surface area contributed by atoms with Crippen LogP contribution in [0, 0.1) is 10.1 Å². The Morgan fingerprint density at radius 1 is 1.36 bits per heavy atom. The number of ether oxygens (including phenoxy) is 1. The zero-order chi connectivity index (χ0) is 16.1. The molecule has 0 aliphatic heterocycles. The van der Waals surface area contributed by atoms with Crippen LogP contribution >= 0.6 is 11.6 Å². The second kappa shape index (κ2) is 6.77. The van der Waals surface area contributed by atoms with E-state index in [2.05, 4.69) is 10.5 Å². The van der Waals surface area contributed by atoms with Gasteiger partial charge in [-0.15, -0.1) is 0 Å². The summed E-state index contributed by atoms with van der Waals surface area (Å²) in [5.74, 6) is -0.516. The largest absolute Gasteiger partial charge is 0.500 e. The summed E-state index contributed by atoms with van der Waals surface area (Å²) in [7, 11) is 1.31. The molecule has 2 aromatic carbocycles. The Balaban J connectivity index is 2.21. The van der Waals surface area contributed by atoms with E-state index in [1.54, 1.807) is 24.3 Å². The number of nitro benzene ring substituents is 1. The fourth-order valence-corrected chi connectivity index (χ4v) is 1.81. The molecule has 114 valence electrons. The van der Waals surface area contributed by atoms with Crippen molar-refractivity contribution in [2.75, 3.05) is 12.5 Å². The Bertz CT molecular complexity index is 717. The van der Waals surface area contributed by atoms with Gasteiger partial charge in [0.2, 0.25) is 5.75 Å². The van der Waals surface area contributed by atoms with Gasteiger partial charge in [-0.3, -0.25) is 15.5 Å². The number of aromatic hydroxyl groups is 1. The predicted octanol–water partition coefficient (Wildman–Crippen LogP) is 3.41. The van der Waals surface area contributed by atoms with Crippen molar-refractivity contribution in [3.05, 3.63) is 57.1 Å². The quantitative estimate of drug-likeness (QED) is 0.499. The minimum absolute atomic E-state index is 0.00198. The van der Waals surface area contributed by atoms with E-state index in [1.165, 1.54) is 25.5 Å². The number of nitrogens with zero attached hydrogens (tertiary/aromatic N) is 2. The number of hydrogen-bond acceptors (Lipinski definition) is 6. The molecule has 0 atom stereocenters. The van der Waals surface area contributed by atoms with Gasteiger partial charge in [-0.05, 0) is 30.3 Å². The van der Waals surface area contributed by atoms with Crippen LogP contribution in [0.5, 0.6) is 11.5 Å². The van der Waals surface area contributed by atoms with Crippen molar-refractivity contribution < 1.29 is 14.8 Å². The molecule has 0 radical (unpaired) electrons. The normalized spacial score (nSPS) is 10.6. The van der Waals surface area contributed by atoms with E-state index in [-0.39, 0.29) is 5.75 Å². The minimum Gasteiger partial charge on any atom is -0.500 e. The second-order valence-electron chi connectivity index (χ2n) is 4.22. The van der Waals surface area contributed by atoms with Crippen molar-refractivity contribution >= 4 is 29.2 Å². The lowest BCUT2D eigenvalue weighted by Crippen LogP contribution is -1.96. The summed E-state index contributed by atoms with van der Waals surface area (Å²) < 4.78 is 4.90. The van der Waals surface area contributed by atoms with Crippen LogP contribution in [0.3, 0.4) is 0 Å². The molecule has 22 heavy (non-hydrogen) atoms. The van der Waals surface area contributed by atoms with Crippen LogP contribution in [-0.4, -0.2) is 23.4 Å². The summed E-state index contributed by atoms with van der Waals surface area (Å²) in [5, 5.41) is 25.1. The summed E-state index contributed by atoms with van der Waals surface area (Å²) in [5.41, 5.74) is 3.42. The zero-order valence-electron chi connectivity index (χ0n) is 11.5. The smallest absolute Gasteiger partial charge is 0.315 e. The monoisotopic (exact) mass is 321 g/mol. The van der Waals surface area contributed by atoms with Gasteiger partial charge in [-0.25, -0.2) is 0 Å². The van der Waals surface area contributed by atoms with Gasteiger partial charge in [0, 0.05) is 16.7 Å². The third-order valence-electron chi connectivity index (χ3n) is 2.75. The van der Waals surface area contributed by atoms with Gasteiger partial charge in [0.15, 0.2) is 5.75 Å². The Labute approximate surface area is 130 Å². The first-order valence-electron chi connectivity index (χ1n) is 6.11. The number of phenols is 1. The predicted molar refractivity (Wildman–Crippen MR) is 84.0 cm³/mol. The molecule has 0 bridgehead atoms. The molecule has 0 saturated carbocycles. The molecule has 0 aliphatic carbocycles. The number of rotatable bonds is 5. The topological polar surface area (TPSA) is 97.0 Å². The molecule has 0 saturated heterocycles. The summed E-state index contributed by atoms with van der Waals surface area (Å²) in [4.78, 5) is 10.2. The Hall–Kier alpha value is -2.80. The SMILES string of the molecule is COc1cc(C=NNc2ccc(Cl)cc2)cc([N+](=O)[O-])c1O. The standard InChI is InChI=1S/C14H12ClN3O4/c1-22-13-7-9(6-12(14(13)19)18(20)21)8-16-17-11-4-2-10(15)3-5-11/h2-8,17,19H,1H3. The van der Waals surface area contributed by atoms with Crippen LogP contribution in [-0.2, 0) is 0 Å². The van der Waals surface area contributed by atoms with Gasteiger partial charge < -0.3 is 9.84 Å². The summed E-state index contributed by atoms with van der Waals surface area (Å²) in [6, 6.07) is 9.51. The molecule has 7 nitrogen and oxygen atoms in total. The van der Waals surface area contributed by atoms with E-state index in [9.17, 15) is 15.2 Å². The number of nitro groups is 1. The highest BCUT2D eigenvalue weighted by Gasteiger charge is 2.19. The van der Waals surface area contributed by atoms with Crippen LogP contribution in [0.25, 0.3) is 0 Å². The lowest BCUT2D eigenvalue weighted by molar-refractivity contribution is -0.386. The third-order valence-corrected chi connectivity index (χ3v) is 3.00. The van der Waals surface area contributed by atoms with Crippen LogP contribution in [0.2, 0.25) is 5.02 Å². The molecule has 0 unspecified atom stereocenters. The second-order valence-corrected chi connectivity index (χ2v) is 4.66. The first-order chi connectivity index (χ1) is 10.5. The Morgan fingerprint density at radius 2 is 2.05 bits per heavy atom. The summed E-state index contributed by atoms with van der Waals surface area (Å²) in [6.07, 6.45) is 1.38. The van der Waals surface area contributed by atoms with Crippen molar-refractivity contribution in [1.29, 1.82) is 0 Å². The number of hydrazone groups is 1. The van der Waals surface area contributed by atoms with Gasteiger partial charge in [0.05, 0.1) is 23.9 Å². The Morgan fingerprint density at radius 3 is 2.64 bits per heavy atom. The van der Waals surface area contributed by atoms with Crippen molar-refractivity contribution in [1.82, 2.24) is 0 Å². The van der Waals surface area contributed by atoms with E-state index < -0.39 is 16.4 Å². The van der Waals surface area contributed by atoms with E-state index in [4.69, 9.17) is 16.3 Å². The number of hydrogen-bond donors (Lipinski definition) is 2. The molecule has 0 aliphatic rings. The lowest BCUT2D eigenvalue weighted by atomic mass is 10.2. The molecule has 2 N–H and O–H groups in total. The van der Waals surface area contributed by atoms with Crippen LogP contribution in [0.1, 0.15) is 5.56 Å². The van der Waals surface area contributed by atoms with Gasteiger partial charge in [-0.1, -0.05) is 11.6 Å². The summed E-state index contributed by atoms with van der Waals surface area (Å²) in [6.45, 7) is 0. The molecule has 0 aromatic heterocycles. The van der Waals surface area contributed by atoms with E-state index in [1.807, 2.05) is 0 Å². The zero-order valence-corrected chi connectivity index (χ0v) is 12.2. The van der Waals surface area contributed by atoms with Crippen molar-refractivity contribution in [2.24, 2.45) is 5.10 Å². The fraction of sp³-hybridized carbons (Fsp3) is 0.0714. The van der Waals surface area contributed by atoms with Crippen LogP contribution < -0.4 is 10.2 Å². The molecule has 0 heterocycles. The first kappa shape index (κ1) is 15.6. The maximum Gasteiger partial charge on any atom is 0.315 e. The highest BCUT2D eigenvalue weighted by Crippen LogP contribution is 2.36. The van der Waals surface area contributed by atoms with E-state index in [0.29, 0.717) is 16.3 Å². The van der Waals surface area contributed by atoms with Gasteiger partial charge in [0.1, 0.15) is 0 Å². The summed E-state index contributed by atoms with van der Waals surface area (Å²) >= 11 is 5.77. The average molecular weight is 322 g/mol. The number of halogens is 1. The van der Waals surface area contributed by atoms with Crippen molar-refractivity contribution in [3.63, 3.8) is 0 Å². The molecule has 8 heteroatoms. The maximum absolute atomic E-state index is 10.9. The molecule has 0 spiro atoms. The molecule has 0 amide bonds. The number of nitrogens with one attached hydrogen (secondary N) is 1. The van der Waals surface area contributed by atoms with E-state index in [0.717, 1.165) is 0 Å². The lowest BCUT2D eigenvalue weighted by Gasteiger charge is -2.05. The highest BCUT2D eigenvalue weighted by molar-refractivity contribution is 6.30. The third kappa shape index (κ3) is 3.64. The highest BCUT2D eigenvalue weighted by atomic mass is 35.5. The van der Waals surface area contributed by atoms with Crippen LogP contribution in [0.15, 0.2) is 41.5 Å². The number of benzene rings is 2. The maximum atomic E-state index is 10.9. The minimum atomic E-state index is -0.693. The molecular formula is C14H12ClN3O4. The first-order valence-corrected chi connectivity index (χ1v) is 6.49. The molecule has 0 fully saturated rings. The molecule has 2 rings (SSSR count). The van der Waals surface area contributed by atoms with Gasteiger partial charge in [0.25, 0.3) is 0 Å². The van der Waals surface area contributed by atoms with Gasteiger partial charge >= 0.3 is 5.69 Å². The molecule has 2 aromatic rings.